The molecule has 1 fully saturated rings. The molecule has 1 heterocycles. The van der Waals surface area contributed by atoms with Crippen LogP contribution in [0.3, 0.4) is 0 Å². The summed E-state index contributed by atoms with van der Waals surface area (Å²) in [5.74, 6) is -0.458. The maximum atomic E-state index is 12.4. The highest BCUT2D eigenvalue weighted by Gasteiger charge is 2.33. The molecule has 2 atom stereocenters. The van der Waals surface area contributed by atoms with Crippen LogP contribution in [0.15, 0.2) is 24.3 Å². The molecule has 0 saturated carbocycles. The van der Waals surface area contributed by atoms with Crippen molar-refractivity contribution in [3.8, 4) is 5.75 Å². The molecule has 1 aromatic carbocycles. The van der Waals surface area contributed by atoms with E-state index in [1.165, 1.54) is 18.2 Å². The monoisotopic (exact) mass is 302 g/mol. The lowest BCUT2D eigenvalue weighted by Crippen LogP contribution is -2.34. The van der Waals surface area contributed by atoms with Crippen LogP contribution in [-0.2, 0) is 0 Å². The predicted molar refractivity (Wildman–Crippen MR) is 70.8 cm³/mol. The number of nitrogens with two attached hydrogens (primary N) is 1. The van der Waals surface area contributed by atoms with E-state index in [2.05, 4.69) is 4.74 Å². The van der Waals surface area contributed by atoms with E-state index in [9.17, 15) is 18.0 Å². The van der Waals surface area contributed by atoms with Crippen molar-refractivity contribution < 1.29 is 22.7 Å². The SMILES string of the molecule is CC1CC(CN)CN1C(=O)c1cccc(OC(F)(F)F)c1. The number of alkyl halides is 3. The Morgan fingerprint density at radius 1 is 1.48 bits per heavy atom. The van der Waals surface area contributed by atoms with E-state index in [0.29, 0.717) is 13.1 Å². The van der Waals surface area contributed by atoms with Gasteiger partial charge in [-0.2, -0.15) is 0 Å². The Balaban J connectivity index is 2.14. The Hall–Kier alpha value is -1.76. The van der Waals surface area contributed by atoms with Crippen molar-refractivity contribution >= 4 is 5.91 Å². The third-order valence-electron chi connectivity index (χ3n) is 3.57. The van der Waals surface area contributed by atoms with Crippen LogP contribution in [0.1, 0.15) is 23.7 Å². The summed E-state index contributed by atoms with van der Waals surface area (Å²) >= 11 is 0. The first-order chi connectivity index (χ1) is 9.80. The van der Waals surface area contributed by atoms with Gasteiger partial charge in [-0.15, -0.1) is 13.2 Å². The molecule has 1 aromatic rings. The lowest BCUT2D eigenvalue weighted by atomic mass is 10.1. The zero-order valence-electron chi connectivity index (χ0n) is 11.6. The van der Waals surface area contributed by atoms with Crippen LogP contribution < -0.4 is 10.5 Å². The smallest absolute Gasteiger partial charge is 0.406 e. The Kier molecular flexibility index (Phi) is 4.41. The maximum absolute atomic E-state index is 12.4. The number of ether oxygens (including phenoxy) is 1. The average molecular weight is 302 g/mol. The van der Waals surface area contributed by atoms with E-state index in [1.54, 1.807) is 4.90 Å². The molecule has 2 N–H and O–H groups in total. The summed E-state index contributed by atoms with van der Waals surface area (Å²) in [5.41, 5.74) is 5.79. The normalized spacial score (nSPS) is 22.4. The van der Waals surface area contributed by atoms with Gasteiger partial charge < -0.3 is 15.4 Å². The van der Waals surface area contributed by atoms with Gasteiger partial charge in [0.05, 0.1) is 0 Å². The van der Waals surface area contributed by atoms with Gasteiger partial charge in [-0.05, 0) is 44.0 Å². The number of amides is 1. The van der Waals surface area contributed by atoms with Gasteiger partial charge in [0.2, 0.25) is 0 Å². The summed E-state index contributed by atoms with van der Waals surface area (Å²) in [4.78, 5) is 14.0. The summed E-state index contributed by atoms with van der Waals surface area (Å²) in [6, 6.07) is 5.15. The summed E-state index contributed by atoms with van der Waals surface area (Å²) < 4.78 is 40.4. The van der Waals surface area contributed by atoms with Crippen LogP contribution in [0, 0.1) is 5.92 Å². The van der Waals surface area contributed by atoms with Gasteiger partial charge in [0, 0.05) is 18.2 Å². The first-order valence-corrected chi connectivity index (χ1v) is 6.67. The van der Waals surface area contributed by atoms with Crippen molar-refractivity contribution in [2.75, 3.05) is 13.1 Å². The lowest BCUT2D eigenvalue weighted by molar-refractivity contribution is -0.274. The van der Waals surface area contributed by atoms with Crippen LogP contribution in [0.2, 0.25) is 0 Å². The Morgan fingerprint density at radius 2 is 2.19 bits per heavy atom. The van der Waals surface area contributed by atoms with Crippen LogP contribution in [0.5, 0.6) is 5.75 Å². The molecule has 4 nitrogen and oxygen atoms in total. The standard InChI is InChI=1S/C14H17F3N2O2/c1-9-5-10(7-18)8-19(9)13(20)11-3-2-4-12(6-11)21-14(15,16)17/h2-4,6,9-10H,5,7-8,18H2,1H3. The van der Waals surface area contributed by atoms with E-state index >= 15 is 0 Å². The molecule has 1 amide bonds. The van der Waals surface area contributed by atoms with Gasteiger partial charge in [-0.1, -0.05) is 6.07 Å². The van der Waals surface area contributed by atoms with Crippen LogP contribution in [0.25, 0.3) is 0 Å². The highest BCUT2D eigenvalue weighted by atomic mass is 19.4. The average Bonchev–Trinajstić information content (AvgIpc) is 2.77. The molecule has 0 aromatic heterocycles. The van der Waals surface area contributed by atoms with Gasteiger partial charge in [0.25, 0.3) is 5.91 Å². The van der Waals surface area contributed by atoms with Crippen molar-refractivity contribution in [3.63, 3.8) is 0 Å². The van der Waals surface area contributed by atoms with E-state index in [0.717, 1.165) is 12.5 Å². The number of hydrogen-bond acceptors (Lipinski definition) is 3. The number of carbonyl (C=O) groups excluding carboxylic acids is 1. The van der Waals surface area contributed by atoms with Gasteiger partial charge in [0.15, 0.2) is 0 Å². The second-order valence-corrected chi connectivity index (χ2v) is 5.22. The molecule has 0 spiro atoms. The highest BCUT2D eigenvalue weighted by molar-refractivity contribution is 5.95. The molecule has 0 bridgehead atoms. The van der Waals surface area contributed by atoms with Crippen LogP contribution >= 0.6 is 0 Å². The second-order valence-electron chi connectivity index (χ2n) is 5.22. The van der Waals surface area contributed by atoms with E-state index < -0.39 is 12.1 Å². The van der Waals surface area contributed by atoms with Gasteiger partial charge >= 0.3 is 6.36 Å². The van der Waals surface area contributed by atoms with Crippen molar-refractivity contribution in [1.29, 1.82) is 0 Å². The number of rotatable bonds is 3. The summed E-state index contributed by atoms with van der Waals surface area (Å²) in [6.45, 7) is 2.93. The minimum atomic E-state index is -4.77. The number of nitrogens with zero attached hydrogens (tertiary/aromatic N) is 1. The molecular weight excluding hydrogens is 285 g/mol. The van der Waals surface area contributed by atoms with Crippen molar-refractivity contribution in [1.82, 2.24) is 4.90 Å². The van der Waals surface area contributed by atoms with E-state index in [1.807, 2.05) is 6.92 Å². The first-order valence-electron chi connectivity index (χ1n) is 6.67. The molecule has 1 aliphatic rings. The topological polar surface area (TPSA) is 55.6 Å². The zero-order valence-corrected chi connectivity index (χ0v) is 11.6. The molecule has 1 saturated heterocycles. The predicted octanol–water partition coefficient (Wildman–Crippen LogP) is 2.39. The van der Waals surface area contributed by atoms with E-state index in [-0.39, 0.29) is 23.4 Å². The zero-order chi connectivity index (χ0) is 15.6. The number of hydrogen-bond donors (Lipinski definition) is 1. The summed E-state index contributed by atoms with van der Waals surface area (Å²) in [7, 11) is 0. The number of carbonyl (C=O) groups is 1. The Morgan fingerprint density at radius 3 is 2.76 bits per heavy atom. The molecule has 7 heteroatoms. The fourth-order valence-electron chi connectivity index (χ4n) is 2.59. The fourth-order valence-corrected chi connectivity index (χ4v) is 2.59. The molecule has 0 aliphatic carbocycles. The van der Waals surface area contributed by atoms with Crippen molar-refractivity contribution in [3.05, 3.63) is 29.8 Å². The first kappa shape index (κ1) is 15.6. The van der Waals surface area contributed by atoms with Gasteiger partial charge in [-0.3, -0.25) is 4.79 Å². The third kappa shape index (κ3) is 3.87. The lowest BCUT2D eigenvalue weighted by Gasteiger charge is -2.22. The number of likely N-dealkylation sites (tertiary alicyclic amines) is 1. The fraction of sp³-hybridized carbons (Fsp3) is 0.500. The molecule has 2 rings (SSSR count). The van der Waals surface area contributed by atoms with Gasteiger partial charge in [0.1, 0.15) is 5.75 Å². The quantitative estimate of drug-likeness (QED) is 0.933. The molecule has 21 heavy (non-hydrogen) atoms. The Bertz CT molecular complexity index is 519. The maximum Gasteiger partial charge on any atom is 0.573 e. The molecule has 116 valence electrons. The van der Waals surface area contributed by atoms with Crippen molar-refractivity contribution in [2.24, 2.45) is 11.7 Å². The highest BCUT2D eigenvalue weighted by Crippen LogP contribution is 2.27. The molecule has 0 radical (unpaired) electrons. The minimum Gasteiger partial charge on any atom is -0.406 e. The largest absolute Gasteiger partial charge is 0.573 e. The van der Waals surface area contributed by atoms with Crippen molar-refractivity contribution in [2.45, 2.75) is 25.7 Å². The van der Waals surface area contributed by atoms with Crippen LogP contribution in [-0.4, -0.2) is 36.3 Å². The number of halogens is 3. The molecular formula is C14H17F3N2O2. The summed E-state index contributed by atoms with van der Waals surface area (Å²) in [6.07, 6.45) is -3.96. The molecule has 1 aliphatic heterocycles. The number of benzene rings is 1. The van der Waals surface area contributed by atoms with Crippen LogP contribution in [0.4, 0.5) is 13.2 Å². The second kappa shape index (κ2) is 5.93. The minimum absolute atomic E-state index is 0.0261. The van der Waals surface area contributed by atoms with E-state index in [4.69, 9.17) is 5.73 Å². The summed E-state index contributed by atoms with van der Waals surface area (Å²) in [5, 5.41) is 0. The Labute approximate surface area is 120 Å². The molecule has 2 unspecified atom stereocenters. The third-order valence-corrected chi connectivity index (χ3v) is 3.57. The van der Waals surface area contributed by atoms with Gasteiger partial charge in [-0.25, -0.2) is 0 Å².